The van der Waals surface area contributed by atoms with E-state index in [1.54, 1.807) is 12.3 Å². The number of halogens is 1. The van der Waals surface area contributed by atoms with Crippen molar-refractivity contribution in [2.24, 2.45) is 5.73 Å². The minimum atomic E-state index is -1.01. The highest BCUT2D eigenvalue weighted by atomic mass is 19.1. The number of amides is 2. The minimum absolute atomic E-state index is 0.0126. The topological polar surface area (TPSA) is 102 Å². The predicted octanol–water partition coefficient (Wildman–Crippen LogP) is 3.35. The number of ether oxygens (including phenoxy) is 1. The Morgan fingerprint density at radius 1 is 1.42 bits per heavy atom. The van der Waals surface area contributed by atoms with Crippen molar-refractivity contribution in [1.29, 1.82) is 0 Å². The van der Waals surface area contributed by atoms with Crippen LogP contribution in [0.15, 0.2) is 64.7 Å². The summed E-state index contributed by atoms with van der Waals surface area (Å²) in [5, 5.41) is 9.48. The molecule has 136 valence electrons. The molecule has 1 aliphatic rings. The number of rotatable bonds is 6. The standard InChI is InChI=1S/C18H18FN3O4/c19-14-7-6-13(10-15(14)25-9-8-22(24)18(20)23)17-21-11-16(26-17)12-4-2-1-3-5-12/h1-5,7,10-11,13,24H,6,8-9H2,(H2,20,23)/t13-/m1/s1. The highest BCUT2D eigenvalue weighted by Gasteiger charge is 2.23. The summed E-state index contributed by atoms with van der Waals surface area (Å²) in [5.74, 6) is 0.306. The van der Waals surface area contributed by atoms with Gasteiger partial charge in [0.1, 0.15) is 6.61 Å². The van der Waals surface area contributed by atoms with Gasteiger partial charge in [0.15, 0.2) is 17.3 Å². The van der Waals surface area contributed by atoms with E-state index in [0.717, 1.165) is 5.56 Å². The van der Waals surface area contributed by atoms with Gasteiger partial charge in [-0.3, -0.25) is 5.21 Å². The molecule has 1 atom stereocenters. The zero-order valence-corrected chi connectivity index (χ0v) is 13.8. The number of carbonyl (C=O) groups is 1. The zero-order chi connectivity index (χ0) is 18.5. The van der Waals surface area contributed by atoms with E-state index in [0.29, 0.717) is 23.1 Å². The van der Waals surface area contributed by atoms with Gasteiger partial charge in [-0.05, 0) is 18.6 Å². The Balaban J connectivity index is 1.68. The van der Waals surface area contributed by atoms with Crippen LogP contribution in [0.4, 0.5) is 9.18 Å². The fourth-order valence-corrected chi connectivity index (χ4v) is 2.50. The van der Waals surface area contributed by atoms with E-state index in [1.165, 1.54) is 6.08 Å². The van der Waals surface area contributed by atoms with Crippen molar-refractivity contribution in [3.05, 3.63) is 66.2 Å². The number of aromatic nitrogens is 1. The van der Waals surface area contributed by atoms with Crippen molar-refractivity contribution in [2.45, 2.75) is 12.3 Å². The van der Waals surface area contributed by atoms with E-state index >= 15 is 0 Å². The Morgan fingerprint density at radius 2 is 2.19 bits per heavy atom. The monoisotopic (exact) mass is 359 g/mol. The van der Waals surface area contributed by atoms with Crippen LogP contribution in [-0.4, -0.2) is 34.4 Å². The Labute approximate surface area is 149 Å². The van der Waals surface area contributed by atoms with Gasteiger partial charge >= 0.3 is 6.03 Å². The third-order valence-corrected chi connectivity index (χ3v) is 3.85. The summed E-state index contributed by atoms with van der Waals surface area (Å²) < 4.78 is 25.0. The zero-order valence-electron chi connectivity index (χ0n) is 13.8. The maximum atomic E-state index is 13.9. The molecule has 0 unspecified atom stereocenters. The summed E-state index contributed by atoms with van der Waals surface area (Å²) >= 11 is 0. The second-order valence-corrected chi connectivity index (χ2v) is 5.66. The van der Waals surface area contributed by atoms with Crippen molar-refractivity contribution >= 4 is 6.03 Å². The molecule has 0 bridgehead atoms. The molecule has 2 aromatic rings. The number of nitrogens with two attached hydrogens (primary N) is 1. The second kappa shape index (κ2) is 7.83. The lowest BCUT2D eigenvalue weighted by Gasteiger charge is -2.18. The number of hydrogen-bond donors (Lipinski definition) is 2. The minimum Gasteiger partial charge on any atom is -0.489 e. The normalized spacial score (nSPS) is 16.6. The molecule has 0 spiro atoms. The van der Waals surface area contributed by atoms with E-state index in [9.17, 15) is 14.4 Å². The second-order valence-electron chi connectivity index (χ2n) is 5.66. The third kappa shape index (κ3) is 4.09. The summed E-state index contributed by atoms with van der Waals surface area (Å²) in [6.45, 7) is -0.290. The molecule has 0 radical (unpaired) electrons. The molecule has 26 heavy (non-hydrogen) atoms. The Bertz CT molecular complexity index is 832. The van der Waals surface area contributed by atoms with Crippen LogP contribution in [0.3, 0.4) is 0 Å². The molecule has 3 N–H and O–H groups in total. The van der Waals surface area contributed by atoms with Crippen molar-refractivity contribution < 1.29 is 23.5 Å². The largest absolute Gasteiger partial charge is 0.489 e. The number of benzene rings is 1. The van der Waals surface area contributed by atoms with Gasteiger partial charge in [0.05, 0.1) is 18.7 Å². The predicted molar refractivity (Wildman–Crippen MR) is 90.6 cm³/mol. The summed E-state index contributed by atoms with van der Waals surface area (Å²) in [7, 11) is 0. The van der Waals surface area contributed by atoms with Crippen molar-refractivity contribution in [2.75, 3.05) is 13.2 Å². The van der Waals surface area contributed by atoms with Gasteiger partial charge in [-0.25, -0.2) is 19.2 Å². The van der Waals surface area contributed by atoms with Crippen LogP contribution in [0.1, 0.15) is 18.2 Å². The van der Waals surface area contributed by atoms with Gasteiger partial charge in [0.25, 0.3) is 0 Å². The lowest BCUT2D eigenvalue weighted by atomic mass is 9.99. The molecule has 3 rings (SSSR count). The number of hydrogen-bond acceptors (Lipinski definition) is 5. The molecule has 0 saturated heterocycles. The van der Waals surface area contributed by atoms with Crippen LogP contribution >= 0.6 is 0 Å². The number of hydroxylamine groups is 2. The highest BCUT2D eigenvalue weighted by Crippen LogP contribution is 2.33. The molecule has 0 saturated carbocycles. The van der Waals surface area contributed by atoms with Crippen LogP contribution in [0, 0.1) is 0 Å². The van der Waals surface area contributed by atoms with Gasteiger partial charge in [-0.2, -0.15) is 0 Å². The first-order valence-electron chi connectivity index (χ1n) is 8.02. The molecule has 0 aliphatic heterocycles. The summed E-state index contributed by atoms with van der Waals surface area (Å²) in [6.07, 6.45) is 4.98. The average Bonchev–Trinajstić information content (AvgIpc) is 3.14. The number of urea groups is 1. The van der Waals surface area contributed by atoms with Crippen molar-refractivity contribution in [3.8, 4) is 11.3 Å². The SMILES string of the molecule is NC(=O)N(O)CCOC1=C[C@H](c2ncc(-c3ccccc3)o2)CC=C1F. The van der Waals surface area contributed by atoms with Gasteiger partial charge in [-0.1, -0.05) is 30.3 Å². The summed E-state index contributed by atoms with van der Waals surface area (Å²) in [6, 6.07) is 8.53. The first-order valence-corrected chi connectivity index (χ1v) is 8.02. The van der Waals surface area contributed by atoms with E-state index in [2.05, 4.69) is 4.98 Å². The van der Waals surface area contributed by atoms with Crippen molar-refractivity contribution in [1.82, 2.24) is 10.0 Å². The summed E-state index contributed by atoms with van der Waals surface area (Å²) in [5.41, 5.74) is 5.79. The lowest BCUT2D eigenvalue weighted by Crippen LogP contribution is -2.35. The Morgan fingerprint density at radius 3 is 2.92 bits per heavy atom. The van der Waals surface area contributed by atoms with Gasteiger partial charge < -0.3 is 14.9 Å². The molecule has 1 heterocycles. The number of oxazole rings is 1. The van der Waals surface area contributed by atoms with E-state index < -0.39 is 11.9 Å². The van der Waals surface area contributed by atoms with Crippen LogP contribution < -0.4 is 5.73 Å². The highest BCUT2D eigenvalue weighted by molar-refractivity contribution is 5.70. The fraction of sp³-hybridized carbons (Fsp3) is 0.222. The number of nitrogens with zero attached hydrogens (tertiary/aromatic N) is 2. The molecule has 1 aromatic carbocycles. The van der Waals surface area contributed by atoms with Crippen molar-refractivity contribution in [3.63, 3.8) is 0 Å². The molecule has 2 amide bonds. The number of allylic oxidation sites excluding steroid dienone is 3. The van der Waals surface area contributed by atoms with E-state index in [4.69, 9.17) is 14.9 Å². The first kappa shape index (κ1) is 17.7. The molecule has 7 nitrogen and oxygen atoms in total. The summed E-state index contributed by atoms with van der Waals surface area (Å²) in [4.78, 5) is 15.0. The Hall–Kier alpha value is -3.13. The lowest BCUT2D eigenvalue weighted by molar-refractivity contribution is -0.0512. The van der Waals surface area contributed by atoms with Gasteiger partial charge in [0.2, 0.25) is 5.89 Å². The number of carbonyl (C=O) groups excluding carboxylic acids is 1. The molecule has 8 heteroatoms. The van der Waals surface area contributed by atoms with Crippen LogP contribution in [0.5, 0.6) is 0 Å². The van der Waals surface area contributed by atoms with E-state index in [1.807, 2.05) is 30.3 Å². The van der Waals surface area contributed by atoms with Crippen LogP contribution in [0.25, 0.3) is 11.3 Å². The molecular weight excluding hydrogens is 341 g/mol. The van der Waals surface area contributed by atoms with Gasteiger partial charge in [0, 0.05) is 5.56 Å². The van der Waals surface area contributed by atoms with Crippen LogP contribution in [-0.2, 0) is 4.74 Å². The molecule has 0 fully saturated rings. The quantitative estimate of drug-likeness (QED) is 0.608. The van der Waals surface area contributed by atoms with Crippen LogP contribution in [0.2, 0.25) is 0 Å². The first-order chi connectivity index (χ1) is 12.5. The molecular formula is C18H18FN3O4. The maximum Gasteiger partial charge on any atom is 0.338 e. The average molecular weight is 359 g/mol. The Kier molecular flexibility index (Phi) is 5.33. The van der Waals surface area contributed by atoms with Gasteiger partial charge in [-0.15, -0.1) is 0 Å². The maximum absolute atomic E-state index is 13.9. The molecule has 1 aromatic heterocycles. The fourth-order valence-electron chi connectivity index (χ4n) is 2.50. The number of primary amides is 1. The molecule has 1 aliphatic carbocycles. The van der Waals surface area contributed by atoms with E-state index in [-0.39, 0.29) is 24.8 Å². The smallest absolute Gasteiger partial charge is 0.338 e. The third-order valence-electron chi connectivity index (χ3n) is 3.85.